The van der Waals surface area contributed by atoms with Gasteiger partial charge in [-0.05, 0) is 88.7 Å². The van der Waals surface area contributed by atoms with Gasteiger partial charge < -0.3 is 0 Å². The van der Waals surface area contributed by atoms with Crippen LogP contribution < -0.4 is 0 Å². The zero-order valence-electron chi connectivity index (χ0n) is 22.6. The Balaban J connectivity index is 2.15. The summed E-state index contributed by atoms with van der Waals surface area (Å²) in [6, 6.07) is 0. The second kappa shape index (κ2) is 15.8. The topological polar surface area (TPSA) is 24.7 Å². The lowest BCUT2D eigenvalue weighted by molar-refractivity contribution is 0.574. The Labute approximate surface area is 214 Å². The molecule has 0 aromatic carbocycles. The molecule has 2 heteroatoms. The molecule has 0 radical (unpaired) electrons. The van der Waals surface area contributed by atoms with Crippen LogP contribution in [0.4, 0.5) is 0 Å². The van der Waals surface area contributed by atoms with Gasteiger partial charge in [-0.3, -0.25) is 9.98 Å². The van der Waals surface area contributed by atoms with Crippen molar-refractivity contribution in [2.75, 3.05) is 13.1 Å². The fourth-order valence-electron chi connectivity index (χ4n) is 4.39. The molecule has 0 saturated heterocycles. The van der Waals surface area contributed by atoms with E-state index in [1.807, 2.05) is 13.0 Å². The molecule has 1 heterocycles. The molecule has 186 valence electrons. The van der Waals surface area contributed by atoms with Crippen molar-refractivity contribution in [3.05, 3.63) is 107 Å². The Morgan fingerprint density at radius 2 is 2.00 bits per heavy atom. The van der Waals surface area contributed by atoms with Crippen LogP contribution in [0.5, 0.6) is 0 Å². The maximum atomic E-state index is 4.86. The molecule has 1 atom stereocenters. The first-order valence-corrected chi connectivity index (χ1v) is 13.0. The van der Waals surface area contributed by atoms with Crippen molar-refractivity contribution >= 4 is 11.4 Å². The number of allylic oxidation sites excluding steroid dienone is 16. The van der Waals surface area contributed by atoms with Crippen molar-refractivity contribution in [2.45, 2.75) is 66.7 Å². The highest BCUT2D eigenvalue weighted by Crippen LogP contribution is 2.31. The van der Waals surface area contributed by atoms with Gasteiger partial charge in [0.05, 0.1) is 0 Å². The summed E-state index contributed by atoms with van der Waals surface area (Å²) in [5.41, 5.74) is 8.92. The van der Waals surface area contributed by atoms with Crippen molar-refractivity contribution < 1.29 is 0 Å². The highest BCUT2D eigenvalue weighted by Gasteiger charge is 2.18. The van der Waals surface area contributed by atoms with Crippen molar-refractivity contribution in [3.63, 3.8) is 0 Å². The minimum absolute atomic E-state index is 0.424. The van der Waals surface area contributed by atoms with Gasteiger partial charge in [0.2, 0.25) is 0 Å². The lowest BCUT2D eigenvalue weighted by Gasteiger charge is -2.20. The summed E-state index contributed by atoms with van der Waals surface area (Å²) in [7, 11) is 0. The number of rotatable bonds is 11. The summed E-state index contributed by atoms with van der Waals surface area (Å²) in [4.78, 5) is 9.45. The van der Waals surface area contributed by atoms with Crippen LogP contribution >= 0.6 is 0 Å². The summed E-state index contributed by atoms with van der Waals surface area (Å²) in [5.74, 6) is 0.424. The molecule has 0 fully saturated rings. The largest absolute Gasteiger partial charge is 0.293 e. The van der Waals surface area contributed by atoms with Crippen LogP contribution in [-0.2, 0) is 0 Å². The molecule has 1 aliphatic heterocycles. The predicted molar refractivity (Wildman–Crippen MR) is 158 cm³/mol. The fraction of sp³-hybridized carbons (Fsp3) is 0.394. The number of nitrogens with zero attached hydrogens (tertiary/aromatic N) is 2. The van der Waals surface area contributed by atoms with E-state index in [4.69, 9.17) is 4.99 Å². The van der Waals surface area contributed by atoms with Crippen LogP contribution in [0.1, 0.15) is 66.7 Å². The van der Waals surface area contributed by atoms with Crippen molar-refractivity contribution in [1.82, 2.24) is 0 Å². The third-order valence-corrected chi connectivity index (χ3v) is 6.30. The summed E-state index contributed by atoms with van der Waals surface area (Å²) >= 11 is 0. The number of hydrogen-bond donors (Lipinski definition) is 0. The third-order valence-electron chi connectivity index (χ3n) is 6.30. The molecule has 0 saturated carbocycles. The van der Waals surface area contributed by atoms with Gasteiger partial charge >= 0.3 is 0 Å². The first-order valence-electron chi connectivity index (χ1n) is 13.0. The van der Waals surface area contributed by atoms with E-state index in [9.17, 15) is 0 Å². The molecule has 0 amide bonds. The first-order chi connectivity index (χ1) is 16.9. The zero-order chi connectivity index (χ0) is 25.5. The van der Waals surface area contributed by atoms with Gasteiger partial charge in [0, 0.05) is 36.9 Å². The monoisotopic (exact) mass is 468 g/mol. The van der Waals surface area contributed by atoms with Crippen molar-refractivity contribution in [1.29, 1.82) is 0 Å². The molecule has 0 aromatic rings. The summed E-state index contributed by atoms with van der Waals surface area (Å²) in [6.07, 6.45) is 31.0. The molecule has 0 aromatic heterocycles. The van der Waals surface area contributed by atoms with E-state index in [0.29, 0.717) is 5.92 Å². The van der Waals surface area contributed by atoms with Gasteiger partial charge in [-0.15, -0.1) is 0 Å². The second-order valence-electron chi connectivity index (χ2n) is 9.33. The minimum Gasteiger partial charge on any atom is -0.293 e. The fourth-order valence-corrected chi connectivity index (χ4v) is 4.39. The summed E-state index contributed by atoms with van der Waals surface area (Å²) < 4.78 is 0. The van der Waals surface area contributed by atoms with Crippen LogP contribution in [-0.4, -0.2) is 24.5 Å². The number of hydrogen-bond acceptors (Lipinski definition) is 2. The Kier molecular flexibility index (Phi) is 12.8. The van der Waals surface area contributed by atoms with E-state index < -0.39 is 0 Å². The van der Waals surface area contributed by atoms with Crippen LogP contribution in [0.2, 0.25) is 0 Å². The predicted octanol–water partition coefficient (Wildman–Crippen LogP) is 9.05. The van der Waals surface area contributed by atoms with E-state index in [2.05, 4.69) is 106 Å². The quantitative estimate of drug-likeness (QED) is 0.164. The van der Waals surface area contributed by atoms with E-state index >= 15 is 0 Å². The summed E-state index contributed by atoms with van der Waals surface area (Å²) in [5, 5.41) is 0. The van der Waals surface area contributed by atoms with E-state index in [1.165, 1.54) is 33.6 Å². The lowest BCUT2D eigenvalue weighted by atomic mass is 9.86. The maximum absolute atomic E-state index is 4.86. The SMILES string of the molecule is C=C(CCC1CN=C(C)CC=C1/C(C)=C/C=C\C=C/C)C/C(=C\C(C)=NCC)C1=CCC=CC=C1. The average molecular weight is 469 g/mol. The molecule has 0 spiro atoms. The smallest absolute Gasteiger partial charge is 0.0457 e. The molecule has 0 bridgehead atoms. The normalized spacial score (nSPS) is 20.1. The molecular weight excluding hydrogens is 424 g/mol. The molecule has 0 N–H and O–H groups in total. The molecule has 2 aliphatic rings. The van der Waals surface area contributed by atoms with Crippen molar-refractivity contribution in [3.8, 4) is 0 Å². The molecule has 1 aliphatic carbocycles. The van der Waals surface area contributed by atoms with Gasteiger partial charge in [-0.25, -0.2) is 0 Å². The van der Waals surface area contributed by atoms with E-state index in [-0.39, 0.29) is 0 Å². The molecule has 35 heavy (non-hydrogen) atoms. The maximum Gasteiger partial charge on any atom is 0.0457 e. The van der Waals surface area contributed by atoms with Gasteiger partial charge in [-0.2, -0.15) is 0 Å². The molecule has 1 unspecified atom stereocenters. The first kappa shape index (κ1) is 28.2. The average Bonchev–Trinajstić information content (AvgIpc) is 3.21. The Bertz CT molecular complexity index is 1030. The second-order valence-corrected chi connectivity index (χ2v) is 9.33. The highest BCUT2D eigenvalue weighted by atomic mass is 14.7. The standard InChI is InChI=1S/C33H44N2/c1-7-9-10-13-16-27(4)33-22-20-28(5)35-25-31(33)21-19-26(3)23-32(24-29(6)34-8-2)30-17-14-11-12-15-18-30/h7,9-14,16-18,22,24,31H,3,8,15,19-21,23,25H2,1-2,4-6H3/b9-7-,13-10-,27-16+,32-24+,34-29?. The van der Waals surface area contributed by atoms with Crippen LogP contribution in [0, 0.1) is 5.92 Å². The van der Waals surface area contributed by atoms with Gasteiger partial charge in [0.1, 0.15) is 0 Å². The van der Waals surface area contributed by atoms with Gasteiger partial charge in [0.15, 0.2) is 0 Å². The third kappa shape index (κ3) is 10.4. The summed E-state index contributed by atoms with van der Waals surface area (Å²) in [6.45, 7) is 16.7. The number of aliphatic imine (C=N–C) groups is 2. The highest BCUT2D eigenvalue weighted by molar-refractivity contribution is 5.94. The molecule has 2 rings (SSSR count). The van der Waals surface area contributed by atoms with E-state index in [0.717, 1.165) is 50.9 Å². The Morgan fingerprint density at radius 1 is 1.17 bits per heavy atom. The van der Waals surface area contributed by atoms with Crippen molar-refractivity contribution in [2.24, 2.45) is 15.9 Å². The molecular formula is C33H44N2. The Hall–Kier alpha value is -3.00. The molecule has 2 nitrogen and oxygen atoms in total. The van der Waals surface area contributed by atoms with Crippen LogP contribution in [0.25, 0.3) is 0 Å². The van der Waals surface area contributed by atoms with Gasteiger partial charge in [0.25, 0.3) is 0 Å². The van der Waals surface area contributed by atoms with Gasteiger partial charge in [-0.1, -0.05) is 79.0 Å². The minimum atomic E-state index is 0.424. The van der Waals surface area contributed by atoms with Crippen LogP contribution in [0.3, 0.4) is 0 Å². The Morgan fingerprint density at radius 3 is 2.77 bits per heavy atom. The van der Waals surface area contributed by atoms with E-state index in [1.54, 1.807) is 0 Å². The lowest BCUT2D eigenvalue weighted by Crippen LogP contribution is -2.10. The van der Waals surface area contributed by atoms with Crippen LogP contribution in [0.15, 0.2) is 117 Å². The zero-order valence-corrected chi connectivity index (χ0v) is 22.6.